The van der Waals surface area contributed by atoms with Crippen LogP contribution in [0.4, 0.5) is 0 Å². The lowest BCUT2D eigenvalue weighted by Gasteiger charge is -2.15. The van der Waals surface area contributed by atoms with Crippen LogP contribution in [0.25, 0.3) is 0 Å². The molecule has 0 saturated carbocycles. The number of carbonyl (C=O) groups is 1. The van der Waals surface area contributed by atoms with Crippen molar-refractivity contribution in [2.75, 3.05) is 6.54 Å². The molecule has 1 N–H and O–H groups in total. The maximum atomic E-state index is 11.9. The molecular weight excluding hydrogens is 313 g/mol. The fraction of sp³-hybridized carbons (Fsp3) is 0.267. The number of furan rings is 1. The van der Waals surface area contributed by atoms with Crippen LogP contribution < -0.4 is 10.1 Å². The molecule has 1 atom stereocenters. The Kier molecular flexibility index (Phi) is 5.53. The van der Waals surface area contributed by atoms with Crippen LogP contribution in [0.15, 0.2) is 40.8 Å². The van der Waals surface area contributed by atoms with Gasteiger partial charge in [0, 0.05) is 5.02 Å². The zero-order valence-corrected chi connectivity index (χ0v) is 12.9. The number of carbonyl (C=O) groups excluding carboxylic acids is 1. The largest absolute Gasteiger partial charge is 0.489 e. The third kappa shape index (κ3) is 4.69. The molecule has 1 aromatic heterocycles. The van der Waals surface area contributed by atoms with Crippen LogP contribution in [0.3, 0.4) is 0 Å². The van der Waals surface area contributed by atoms with Crippen LogP contribution >= 0.6 is 23.2 Å². The molecule has 1 heterocycles. The van der Waals surface area contributed by atoms with E-state index in [1.807, 2.05) is 6.92 Å². The van der Waals surface area contributed by atoms with Gasteiger partial charge in [-0.2, -0.15) is 0 Å². The SMILES string of the molecule is CC(CNC(=O)c1ccc(CCl)o1)Oc1ccc(Cl)cc1. The van der Waals surface area contributed by atoms with Gasteiger partial charge in [0.25, 0.3) is 5.91 Å². The Morgan fingerprint density at radius 2 is 2.00 bits per heavy atom. The molecule has 2 aromatic rings. The molecule has 0 aliphatic rings. The number of alkyl halides is 1. The standard InChI is InChI=1S/C15H15Cl2NO3/c1-10(20-12-4-2-11(17)3-5-12)9-18-15(19)14-7-6-13(8-16)21-14/h2-7,10H,8-9H2,1H3,(H,18,19). The Morgan fingerprint density at radius 1 is 1.29 bits per heavy atom. The third-order valence-corrected chi connectivity index (χ3v) is 3.23. The maximum absolute atomic E-state index is 11.9. The predicted octanol–water partition coefficient (Wildman–Crippen LogP) is 3.87. The van der Waals surface area contributed by atoms with E-state index >= 15 is 0 Å². The van der Waals surface area contributed by atoms with Crippen LogP contribution in [-0.4, -0.2) is 18.6 Å². The molecule has 1 amide bonds. The van der Waals surface area contributed by atoms with E-state index < -0.39 is 0 Å². The van der Waals surface area contributed by atoms with E-state index in [1.165, 1.54) is 0 Å². The molecule has 4 nitrogen and oxygen atoms in total. The number of hydrogen-bond donors (Lipinski definition) is 1. The lowest BCUT2D eigenvalue weighted by Crippen LogP contribution is -2.33. The number of nitrogens with one attached hydrogen (secondary N) is 1. The Labute approximate surface area is 133 Å². The molecule has 112 valence electrons. The first kappa shape index (κ1) is 15.7. The molecule has 0 saturated heterocycles. The highest BCUT2D eigenvalue weighted by molar-refractivity contribution is 6.30. The summed E-state index contributed by atoms with van der Waals surface area (Å²) in [5, 5.41) is 3.39. The van der Waals surface area contributed by atoms with Gasteiger partial charge >= 0.3 is 0 Å². The summed E-state index contributed by atoms with van der Waals surface area (Å²) in [6.45, 7) is 2.22. The molecule has 21 heavy (non-hydrogen) atoms. The highest BCUT2D eigenvalue weighted by Crippen LogP contribution is 2.16. The van der Waals surface area contributed by atoms with E-state index in [9.17, 15) is 4.79 Å². The molecule has 0 aliphatic carbocycles. The van der Waals surface area contributed by atoms with Crippen molar-refractivity contribution < 1.29 is 13.9 Å². The van der Waals surface area contributed by atoms with Gasteiger partial charge in [0.15, 0.2) is 5.76 Å². The lowest BCUT2D eigenvalue weighted by molar-refractivity contribution is 0.0903. The quantitative estimate of drug-likeness (QED) is 0.819. The lowest BCUT2D eigenvalue weighted by atomic mass is 10.3. The second-order valence-electron chi connectivity index (χ2n) is 4.49. The van der Waals surface area contributed by atoms with Crippen LogP contribution in [0.1, 0.15) is 23.2 Å². The smallest absolute Gasteiger partial charge is 0.287 e. The highest BCUT2D eigenvalue weighted by atomic mass is 35.5. The molecule has 1 unspecified atom stereocenters. The summed E-state index contributed by atoms with van der Waals surface area (Å²) in [6, 6.07) is 10.3. The molecular formula is C15H15Cl2NO3. The molecule has 0 radical (unpaired) electrons. The van der Waals surface area contributed by atoms with Crippen LogP contribution in [0.2, 0.25) is 5.02 Å². The zero-order chi connectivity index (χ0) is 15.2. The van der Waals surface area contributed by atoms with Crippen molar-refractivity contribution >= 4 is 29.1 Å². The predicted molar refractivity (Wildman–Crippen MR) is 82.1 cm³/mol. The minimum Gasteiger partial charge on any atom is -0.489 e. The van der Waals surface area contributed by atoms with Crippen molar-refractivity contribution in [3.05, 3.63) is 52.9 Å². The van der Waals surface area contributed by atoms with Crippen molar-refractivity contribution in [1.29, 1.82) is 0 Å². The minimum absolute atomic E-state index is 0.183. The first-order valence-electron chi connectivity index (χ1n) is 6.43. The van der Waals surface area contributed by atoms with Crippen molar-refractivity contribution in [1.82, 2.24) is 5.32 Å². The molecule has 0 bridgehead atoms. The number of hydrogen-bond acceptors (Lipinski definition) is 3. The third-order valence-electron chi connectivity index (χ3n) is 2.72. The van der Waals surface area contributed by atoms with E-state index in [-0.39, 0.29) is 23.7 Å². The van der Waals surface area contributed by atoms with Gasteiger partial charge in [0.2, 0.25) is 0 Å². The molecule has 1 aromatic carbocycles. The van der Waals surface area contributed by atoms with Gasteiger partial charge in [-0.05, 0) is 43.3 Å². The fourth-order valence-electron chi connectivity index (χ4n) is 1.68. The Bertz CT molecular complexity index is 595. The van der Waals surface area contributed by atoms with Crippen molar-refractivity contribution in [3.63, 3.8) is 0 Å². The van der Waals surface area contributed by atoms with Crippen molar-refractivity contribution in [3.8, 4) is 5.75 Å². The summed E-state index contributed by atoms with van der Waals surface area (Å²) in [5.41, 5.74) is 0. The number of halogens is 2. The second-order valence-corrected chi connectivity index (χ2v) is 5.20. The average Bonchev–Trinajstić information content (AvgIpc) is 2.96. The van der Waals surface area contributed by atoms with Crippen LogP contribution in [-0.2, 0) is 5.88 Å². The Hall–Kier alpha value is -1.65. The van der Waals surface area contributed by atoms with Gasteiger partial charge in [-0.1, -0.05) is 11.6 Å². The number of benzene rings is 1. The number of rotatable bonds is 6. The summed E-state index contributed by atoms with van der Waals surface area (Å²) in [7, 11) is 0. The first-order valence-corrected chi connectivity index (χ1v) is 7.35. The van der Waals surface area contributed by atoms with Crippen molar-refractivity contribution in [2.24, 2.45) is 0 Å². The van der Waals surface area contributed by atoms with E-state index in [1.54, 1.807) is 36.4 Å². The summed E-state index contributed by atoms with van der Waals surface area (Å²) in [6.07, 6.45) is -0.183. The number of amides is 1. The van der Waals surface area contributed by atoms with Gasteiger partial charge in [0.05, 0.1) is 12.4 Å². The normalized spacial score (nSPS) is 12.0. The van der Waals surface area contributed by atoms with E-state index in [0.29, 0.717) is 23.1 Å². The zero-order valence-electron chi connectivity index (χ0n) is 11.4. The van der Waals surface area contributed by atoms with Gasteiger partial charge in [-0.3, -0.25) is 4.79 Å². The number of ether oxygens (including phenoxy) is 1. The van der Waals surface area contributed by atoms with Crippen LogP contribution in [0, 0.1) is 0 Å². The molecule has 6 heteroatoms. The average molecular weight is 328 g/mol. The Morgan fingerprint density at radius 3 is 2.62 bits per heavy atom. The summed E-state index contributed by atoms with van der Waals surface area (Å²) in [5.74, 6) is 1.45. The summed E-state index contributed by atoms with van der Waals surface area (Å²) >= 11 is 11.4. The monoisotopic (exact) mass is 327 g/mol. The molecule has 0 fully saturated rings. The second kappa shape index (κ2) is 7.38. The molecule has 0 spiro atoms. The fourth-order valence-corrected chi connectivity index (χ4v) is 1.95. The van der Waals surface area contributed by atoms with E-state index in [4.69, 9.17) is 32.4 Å². The molecule has 2 rings (SSSR count). The van der Waals surface area contributed by atoms with Gasteiger partial charge < -0.3 is 14.5 Å². The molecule has 0 aliphatic heterocycles. The topological polar surface area (TPSA) is 51.5 Å². The van der Waals surface area contributed by atoms with Crippen molar-refractivity contribution in [2.45, 2.75) is 18.9 Å². The minimum atomic E-state index is -0.294. The van der Waals surface area contributed by atoms with Crippen LogP contribution in [0.5, 0.6) is 5.75 Å². The summed E-state index contributed by atoms with van der Waals surface area (Å²) < 4.78 is 10.9. The van der Waals surface area contributed by atoms with Gasteiger partial charge in [0.1, 0.15) is 17.6 Å². The van der Waals surface area contributed by atoms with E-state index in [2.05, 4.69) is 5.32 Å². The Balaban J connectivity index is 1.81. The van der Waals surface area contributed by atoms with Gasteiger partial charge in [-0.25, -0.2) is 0 Å². The van der Waals surface area contributed by atoms with Gasteiger partial charge in [-0.15, -0.1) is 11.6 Å². The summed E-state index contributed by atoms with van der Waals surface area (Å²) in [4.78, 5) is 11.9. The van der Waals surface area contributed by atoms with E-state index in [0.717, 1.165) is 0 Å². The highest BCUT2D eigenvalue weighted by Gasteiger charge is 2.12. The first-order chi connectivity index (χ1) is 10.1. The maximum Gasteiger partial charge on any atom is 0.287 e.